The summed E-state index contributed by atoms with van der Waals surface area (Å²) in [6.07, 6.45) is 1.21. The Morgan fingerprint density at radius 1 is 1.32 bits per heavy atom. The van der Waals surface area contributed by atoms with Crippen LogP contribution in [0.15, 0.2) is 0 Å². The third-order valence-electron chi connectivity index (χ3n) is 3.73. The van der Waals surface area contributed by atoms with Gasteiger partial charge in [0.05, 0.1) is 18.1 Å². The Balaban J connectivity index is 2.27. The number of hydrogen-bond donors (Lipinski definition) is 1. The average molecular weight is 288 g/mol. The first-order valence-electron chi connectivity index (χ1n) is 6.61. The normalized spacial score (nSPS) is 31.4. The molecule has 2 saturated heterocycles. The first kappa shape index (κ1) is 14.3. The van der Waals surface area contributed by atoms with E-state index < -0.39 is 15.9 Å². The Morgan fingerprint density at radius 2 is 2.00 bits per heavy atom. The maximum atomic E-state index is 12.1. The quantitative estimate of drug-likeness (QED) is 0.746. The molecule has 0 aromatic rings. The van der Waals surface area contributed by atoms with Crippen molar-refractivity contribution in [3.8, 4) is 0 Å². The van der Waals surface area contributed by atoms with E-state index in [1.165, 1.54) is 4.90 Å². The van der Waals surface area contributed by atoms with Gasteiger partial charge in [0, 0.05) is 6.04 Å². The predicted octanol–water partition coefficient (Wildman–Crippen LogP) is -0.453. The van der Waals surface area contributed by atoms with Gasteiger partial charge in [-0.1, -0.05) is 13.8 Å². The van der Waals surface area contributed by atoms with Gasteiger partial charge in [0.25, 0.3) is 0 Å². The van der Waals surface area contributed by atoms with Crippen LogP contribution in [-0.4, -0.2) is 55.3 Å². The van der Waals surface area contributed by atoms with E-state index in [4.69, 9.17) is 0 Å². The lowest BCUT2D eigenvalue weighted by Crippen LogP contribution is -2.64. The van der Waals surface area contributed by atoms with Crippen LogP contribution in [0.4, 0.5) is 0 Å². The van der Waals surface area contributed by atoms with E-state index in [0.717, 1.165) is 0 Å². The Hall–Kier alpha value is -1.11. The zero-order valence-electron chi connectivity index (χ0n) is 11.3. The summed E-state index contributed by atoms with van der Waals surface area (Å²) in [5.74, 6) is -0.230. The molecule has 2 unspecified atom stereocenters. The van der Waals surface area contributed by atoms with Gasteiger partial charge in [0.1, 0.15) is 6.04 Å². The number of nitrogens with zero attached hydrogens (tertiary/aromatic N) is 1. The maximum Gasteiger partial charge on any atom is 0.243 e. The lowest BCUT2D eigenvalue weighted by atomic mass is 9.96. The number of rotatable bonds is 2. The molecule has 2 aliphatic rings. The second-order valence-corrected chi connectivity index (χ2v) is 7.85. The molecule has 1 N–H and O–H groups in total. The van der Waals surface area contributed by atoms with Crippen LogP contribution in [0, 0.1) is 5.92 Å². The van der Waals surface area contributed by atoms with Gasteiger partial charge in [-0.2, -0.15) is 0 Å². The summed E-state index contributed by atoms with van der Waals surface area (Å²) in [7, 11) is -3.10. The molecule has 0 aromatic carbocycles. The zero-order valence-corrected chi connectivity index (χ0v) is 12.1. The molecule has 6 nitrogen and oxygen atoms in total. The van der Waals surface area contributed by atoms with Crippen LogP contribution >= 0.6 is 0 Å². The minimum Gasteiger partial charge on any atom is -0.345 e. The summed E-state index contributed by atoms with van der Waals surface area (Å²) in [6.45, 7) is 3.71. The van der Waals surface area contributed by atoms with E-state index in [1.807, 2.05) is 13.8 Å². The molecule has 0 spiro atoms. The summed E-state index contributed by atoms with van der Waals surface area (Å²) < 4.78 is 23.5. The van der Waals surface area contributed by atoms with Crippen LogP contribution in [0.1, 0.15) is 26.7 Å². The minimum absolute atomic E-state index is 0.0186. The van der Waals surface area contributed by atoms with E-state index in [9.17, 15) is 18.0 Å². The number of carbonyl (C=O) groups is 2. The number of sulfone groups is 1. The lowest BCUT2D eigenvalue weighted by Gasteiger charge is -2.43. The van der Waals surface area contributed by atoms with E-state index >= 15 is 0 Å². The molecule has 0 aromatic heterocycles. The average Bonchev–Trinajstić information content (AvgIpc) is 2.30. The standard InChI is InChI=1S/C12H20N2O4S/c1-8(2)11-12(16)13-6-10(15)14(11)9-4-3-5-19(17,18)7-9/h8-9,11H,3-7H2,1-2H3,(H,13,16). The summed E-state index contributed by atoms with van der Waals surface area (Å²) >= 11 is 0. The van der Waals surface area contributed by atoms with Crippen molar-refractivity contribution < 1.29 is 18.0 Å². The fraction of sp³-hybridized carbons (Fsp3) is 0.833. The molecule has 19 heavy (non-hydrogen) atoms. The Bertz CT molecular complexity index is 486. The molecule has 2 rings (SSSR count). The SMILES string of the molecule is CC(C)C1C(=O)NCC(=O)N1C1CCCS(=O)(=O)C1. The third kappa shape index (κ3) is 2.91. The smallest absolute Gasteiger partial charge is 0.243 e. The molecule has 0 saturated carbocycles. The summed E-state index contributed by atoms with van der Waals surface area (Å²) in [6, 6.07) is -0.913. The Kier molecular flexibility index (Phi) is 3.85. The van der Waals surface area contributed by atoms with E-state index in [1.54, 1.807) is 0 Å². The molecule has 7 heteroatoms. The summed E-state index contributed by atoms with van der Waals surface area (Å²) in [4.78, 5) is 25.5. The second-order valence-electron chi connectivity index (χ2n) is 5.62. The highest BCUT2D eigenvalue weighted by molar-refractivity contribution is 7.91. The van der Waals surface area contributed by atoms with Crippen LogP contribution < -0.4 is 5.32 Å². The Morgan fingerprint density at radius 3 is 2.58 bits per heavy atom. The fourth-order valence-corrected chi connectivity index (χ4v) is 4.60. The number of amides is 2. The first-order valence-corrected chi connectivity index (χ1v) is 8.43. The summed E-state index contributed by atoms with van der Waals surface area (Å²) in [5, 5.41) is 2.57. The zero-order chi connectivity index (χ0) is 14.2. The molecule has 0 radical (unpaired) electrons. The van der Waals surface area contributed by atoms with Gasteiger partial charge in [-0.15, -0.1) is 0 Å². The van der Waals surface area contributed by atoms with Gasteiger partial charge in [-0.25, -0.2) is 8.42 Å². The van der Waals surface area contributed by atoms with Crippen molar-refractivity contribution in [2.75, 3.05) is 18.1 Å². The van der Waals surface area contributed by atoms with Crippen LogP contribution in [0.2, 0.25) is 0 Å². The minimum atomic E-state index is -3.10. The van der Waals surface area contributed by atoms with Gasteiger partial charge in [-0.05, 0) is 18.8 Å². The number of carbonyl (C=O) groups excluding carboxylic acids is 2. The highest BCUT2D eigenvalue weighted by Crippen LogP contribution is 2.24. The van der Waals surface area contributed by atoms with Crippen LogP contribution in [0.25, 0.3) is 0 Å². The molecular weight excluding hydrogens is 268 g/mol. The second kappa shape index (κ2) is 5.11. The monoisotopic (exact) mass is 288 g/mol. The number of nitrogens with one attached hydrogen (secondary N) is 1. The molecule has 2 atom stereocenters. The molecule has 2 aliphatic heterocycles. The van der Waals surface area contributed by atoms with Gasteiger partial charge in [0.2, 0.25) is 11.8 Å². The number of piperazine rings is 1. The lowest BCUT2D eigenvalue weighted by molar-refractivity contribution is -0.150. The van der Waals surface area contributed by atoms with E-state index in [0.29, 0.717) is 12.8 Å². The van der Waals surface area contributed by atoms with Crippen molar-refractivity contribution >= 4 is 21.7 Å². The van der Waals surface area contributed by atoms with E-state index in [-0.39, 0.29) is 41.8 Å². The van der Waals surface area contributed by atoms with Crippen molar-refractivity contribution in [3.05, 3.63) is 0 Å². The molecule has 0 bridgehead atoms. The largest absolute Gasteiger partial charge is 0.345 e. The Labute approximate surface area is 113 Å². The fourth-order valence-electron chi connectivity index (χ4n) is 2.91. The van der Waals surface area contributed by atoms with Crippen molar-refractivity contribution in [2.24, 2.45) is 5.92 Å². The van der Waals surface area contributed by atoms with Crippen molar-refractivity contribution in [1.82, 2.24) is 10.2 Å². The van der Waals surface area contributed by atoms with Crippen molar-refractivity contribution in [3.63, 3.8) is 0 Å². The van der Waals surface area contributed by atoms with Crippen LogP contribution in [0.5, 0.6) is 0 Å². The predicted molar refractivity (Wildman–Crippen MR) is 70.2 cm³/mol. The highest BCUT2D eigenvalue weighted by Gasteiger charge is 2.42. The topological polar surface area (TPSA) is 83.6 Å². The van der Waals surface area contributed by atoms with Gasteiger partial charge < -0.3 is 10.2 Å². The van der Waals surface area contributed by atoms with Gasteiger partial charge in [-0.3, -0.25) is 9.59 Å². The third-order valence-corrected chi connectivity index (χ3v) is 5.54. The van der Waals surface area contributed by atoms with Gasteiger partial charge >= 0.3 is 0 Å². The molecule has 2 fully saturated rings. The summed E-state index contributed by atoms with van der Waals surface area (Å²) in [5.41, 5.74) is 0. The van der Waals surface area contributed by atoms with Crippen molar-refractivity contribution in [2.45, 2.75) is 38.8 Å². The first-order chi connectivity index (χ1) is 8.82. The van der Waals surface area contributed by atoms with Crippen molar-refractivity contribution in [1.29, 1.82) is 0 Å². The van der Waals surface area contributed by atoms with Crippen LogP contribution in [-0.2, 0) is 19.4 Å². The molecular formula is C12H20N2O4S. The molecule has 0 aliphatic carbocycles. The van der Waals surface area contributed by atoms with Crippen LogP contribution in [0.3, 0.4) is 0 Å². The molecule has 2 amide bonds. The maximum absolute atomic E-state index is 12.1. The highest BCUT2D eigenvalue weighted by atomic mass is 32.2. The van der Waals surface area contributed by atoms with E-state index in [2.05, 4.69) is 5.32 Å². The van der Waals surface area contributed by atoms with Gasteiger partial charge in [0.15, 0.2) is 9.84 Å². The molecule has 108 valence electrons. The number of hydrogen-bond acceptors (Lipinski definition) is 4. The molecule has 2 heterocycles.